The summed E-state index contributed by atoms with van der Waals surface area (Å²) >= 11 is 0. The zero-order valence-electron chi connectivity index (χ0n) is 11.9. The molecule has 0 atom stereocenters. The molecule has 0 unspecified atom stereocenters. The van der Waals surface area contributed by atoms with E-state index in [1.54, 1.807) is 0 Å². The number of amides is 1. The third kappa shape index (κ3) is 4.53. The average Bonchev–Trinajstić information content (AvgIpc) is 2.42. The second-order valence-corrected chi connectivity index (χ2v) is 4.97. The monoisotopic (exact) mass is 293 g/mol. The van der Waals surface area contributed by atoms with Crippen LogP contribution in [0.15, 0.2) is 18.2 Å². The van der Waals surface area contributed by atoms with Crippen LogP contribution in [0.2, 0.25) is 0 Å². The maximum atomic E-state index is 13.8. The molecule has 7 heteroatoms. The molecule has 0 radical (unpaired) electrons. The zero-order chi connectivity index (χ0) is 16.0. The lowest BCUT2D eigenvalue weighted by molar-refractivity contribution is -0.384. The summed E-state index contributed by atoms with van der Waals surface area (Å²) in [4.78, 5) is 23.7. The van der Waals surface area contributed by atoms with Crippen molar-refractivity contribution in [3.05, 3.63) is 39.7 Å². The predicted octanol–water partition coefficient (Wildman–Crippen LogP) is 2.75. The number of halogens is 1. The fourth-order valence-corrected chi connectivity index (χ4v) is 1.86. The Morgan fingerprint density at radius 1 is 1.52 bits per heavy atom. The quantitative estimate of drug-likeness (QED) is 0.596. The molecule has 0 bridgehead atoms. The van der Waals surface area contributed by atoms with Crippen LogP contribution in [0.5, 0.6) is 0 Å². The van der Waals surface area contributed by atoms with Crippen LogP contribution in [0.25, 0.3) is 0 Å². The number of nitro benzene ring substituents is 1. The molecule has 0 saturated heterocycles. The van der Waals surface area contributed by atoms with E-state index in [2.05, 4.69) is 0 Å². The summed E-state index contributed by atoms with van der Waals surface area (Å²) in [6.07, 6.45) is 0.120. The lowest BCUT2D eigenvalue weighted by atomic mass is 10.1. The summed E-state index contributed by atoms with van der Waals surface area (Å²) < 4.78 is 13.8. The fourth-order valence-electron chi connectivity index (χ4n) is 1.86. The van der Waals surface area contributed by atoms with Gasteiger partial charge in [-0.15, -0.1) is 0 Å². The predicted molar refractivity (Wildman–Crippen MR) is 74.0 cm³/mol. The third-order valence-corrected chi connectivity index (χ3v) is 2.76. The summed E-state index contributed by atoms with van der Waals surface area (Å²) in [6.45, 7) is 4.28. The maximum absolute atomic E-state index is 13.8. The molecule has 0 aliphatic carbocycles. The first-order valence-electron chi connectivity index (χ1n) is 6.47. The summed E-state index contributed by atoms with van der Waals surface area (Å²) in [5.41, 5.74) is -0.688. The molecule has 1 aromatic rings. The van der Waals surface area contributed by atoms with E-state index in [0.29, 0.717) is 6.54 Å². The van der Waals surface area contributed by atoms with Gasteiger partial charge in [0, 0.05) is 25.2 Å². The molecule has 0 heterocycles. The summed E-state index contributed by atoms with van der Waals surface area (Å²) in [7, 11) is 0. The highest BCUT2D eigenvalue weighted by molar-refractivity contribution is 5.95. The zero-order valence-corrected chi connectivity index (χ0v) is 11.9. The molecule has 1 aromatic carbocycles. The van der Waals surface area contributed by atoms with Crippen LogP contribution >= 0.6 is 0 Å². The van der Waals surface area contributed by atoms with Crippen LogP contribution in [0.1, 0.15) is 30.6 Å². The third-order valence-electron chi connectivity index (χ3n) is 2.76. The number of benzene rings is 1. The molecule has 0 N–H and O–H groups in total. The number of nitriles is 1. The number of rotatable bonds is 6. The Bertz CT molecular complexity index is 581. The fraction of sp³-hybridized carbons (Fsp3) is 0.429. The molecule has 21 heavy (non-hydrogen) atoms. The Labute approximate surface area is 121 Å². The number of carbonyl (C=O) groups excluding carboxylic acids is 1. The number of non-ortho nitro benzene ring substituents is 1. The molecule has 0 aromatic heterocycles. The number of hydrogen-bond acceptors (Lipinski definition) is 4. The van der Waals surface area contributed by atoms with Crippen molar-refractivity contribution in [1.29, 1.82) is 5.26 Å². The van der Waals surface area contributed by atoms with Crippen LogP contribution in [-0.4, -0.2) is 28.8 Å². The minimum absolute atomic E-state index is 0.120. The van der Waals surface area contributed by atoms with E-state index in [1.807, 2.05) is 19.9 Å². The van der Waals surface area contributed by atoms with Crippen LogP contribution in [0.3, 0.4) is 0 Å². The standard InChI is InChI=1S/C14H16FN3O3/c1-10(2)9-17(7-3-6-16)14(19)12-8-11(18(20)21)4-5-13(12)15/h4-5,8,10H,3,7,9H2,1-2H3. The number of carbonyl (C=O) groups is 1. The molecule has 1 amide bonds. The van der Waals surface area contributed by atoms with Gasteiger partial charge in [-0.05, 0) is 12.0 Å². The number of nitrogens with zero attached hydrogens (tertiary/aromatic N) is 3. The van der Waals surface area contributed by atoms with Gasteiger partial charge >= 0.3 is 0 Å². The average molecular weight is 293 g/mol. The van der Waals surface area contributed by atoms with E-state index in [-0.39, 0.29) is 30.1 Å². The SMILES string of the molecule is CC(C)CN(CCC#N)C(=O)c1cc([N+](=O)[O-])ccc1F. The van der Waals surface area contributed by atoms with Crippen molar-refractivity contribution in [2.45, 2.75) is 20.3 Å². The lowest BCUT2D eigenvalue weighted by Gasteiger charge is -2.23. The first kappa shape index (κ1) is 16.6. The van der Waals surface area contributed by atoms with Gasteiger partial charge in [0.25, 0.3) is 11.6 Å². The van der Waals surface area contributed by atoms with E-state index < -0.39 is 16.6 Å². The van der Waals surface area contributed by atoms with Crippen molar-refractivity contribution in [2.75, 3.05) is 13.1 Å². The van der Waals surface area contributed by atoms with Crippen molar-refractivity contribution in [2.24, 2.45) is 5.92 Å². The smallest absolute Gasteiger partial charge is 0.270 e. The minimum atomic E-state index is -0.809. The highest BCUT2D eigenvalue weighted by Crippen LogP contribution is 2.19. The van der Waals surface area contributed by atoms with Crippen molar-refractivity contribution < 1.29 is 14.1 Å². The molecule has 0 saturated carbocycles. The second-order valence-electron chi connectivity index (χ2n) is 4.97. The van der Waals surface area contributed by atoms with E-state index in [1.165, 1.54) is 4.90 Å². The summed E-state index contributed by atoms with van der Waals surface area (Å²) in [5, 5.41) is 19.3. The van der Waals surface area contributed by atoms with Gasteiger partial charge in [-0.3, -0.25) is 14.9 Å². The van der Waals surface area contributed by atoms with Crippen molar-refractivity contribution in [3.63, 3.8) is 0 Å². The van der Waals surface area contributed by atoms with Crippen LogP contribution in [0, 0.1) is 33.2 Å². The van der Waals surface area contributed by atoms with E-state index in [4.69, 9.17) is 5.26 Å². The Balaban J connectivity index is 3.10. The van der Waals surface area contributed by atoms with E-state index in [0.717, 1.165) is 18.2 Å². The topological polar surface area (TPSA) is 87.2 Å². The van der Waals surface area contributed by atoms with Crippen LogP contribution in [0.4, 0.5) is 10.1 Å². The molecular weight excluding hydrogens is 277 g/mol. The number of hydrogen-bond donors (Lipinski definition) is 0. The van der Waals surface area contributed by atoms with Gasteiger partial charge in [0.2, 0.25) is 0 Å². The van der Waals surface area contributed by atoms with Crippen molar-refractivity contribution >= 4 is 11.6 Å². The van der Waals surface area contributed by atoms with Crippen LogP contribution < -0.4 is 0 Å². The van der Waals surface area contributed by atoms with Crippen molar-refractivity contribution in [3.8, 4) is 6.07 Å². The summed E-state index contributed by atoms with van der Waals surface area (Å²) in [5.74, 6) is -1.31. The Kier molecular flexibility index (Phi) is 5.79. The van der Waals surface area contributed by atoms with Gasteiger partial charge in [0.05, 0.1) is 23.0 Å². The Morgan fingerprint density at radius 3 is 2.71 bits per heavy atom. The molecular formula is C14H16FN3O3. The van der Waals surface area contributed by atoms with Gasteiger partial charge in [0.15, 0.2) is 0 Å². The van der Waals surface area contributed by atoms with Gasteiger partial charge in [-0.2, -0.15) is 5.26 Å². The first-order valence-corrected chi connectivity index (χ1v) is 6.47. The van der Waals surface area contributed by atoms with E-state index in [9.17, 15) is 19.3 Å². The largest absolute Gasteiger partial charge is 0.337 e. The normalized spacial score (nSPS) is 10.2. The molecule has 0 fully saturated rings. The van der Waals surface area contributed by atoms with Crippen LogP contribution in [-0.2, 0) is 0 Å². The van der Waals surface area contributed by atoms with Gasteiger partial charge in [0.1, 0.15) is 5.82 Å². The Hall–Kier alpha value is -2.49. The first-order chi connectivity index (χ1) is 9.86. The highest BCUT2D eigenvalue weighted by atomic mass is 19.1. The molecule has 1 rings (SSSR count). The maximum Gasteiger partial charge on any atom is 0.270 e. The van der Waals surface area contributed by atoms with Gasteiger partial charge in [-0.1, -0.05) is 13.8 Å². The van der Waals surface area contributed by atoms with Gasteiger partial charge < -0.3 is 4.90 Å². The highest BCUT2D eigenvalue weighted by Gasteiger charge is 2.22. The lowest BCUT2D eigenvalue weighted by Crippen LogP contribution is -2.35. The molecule has 0 aliphatic heterocycles. The molecule has 0 aliphatic rings. The Morgan fingerprint density at radius 2 is 2.19 bits per heavy atom. The number of nitro groups is 1. The van der Waals surface area contributed by atoms with Crippen molar-refractivity contribution in [1.82, 2.24) is 4.90 Å². The molecule has 112 valence electrons. The molecule has 0 spiro atoms. The minimum Gasteiger partial charge on any atom is -0.337 e. The van der Waals surface area contributed by atoms with E-state index >= 15 is 0 Å². The van der Waals surface area contributed by atoms with Gasteiger partial charge in [-0.25, -0.2) is 4.39 Å². The second kappa shape index (κ2) is 7.33. The summed E-state index contributed by atoms with van der Waals surface area (Å²) in [6, 6.07) is 4.77. The molecule has 6 nitrogen and oxygen atoms in total.